The van der Waals surface area contributed by atoms with Crippen molar-refractivity contribution in [3.05, 3.63) is 0 Å². The van der Waals surface area contributed by atoms with Gasteiger partial charge in [0.25, 0.3) is 0 Å². The Hall–Kier alpha value is -1.24. The van der Waals surface area contributed by atoms with Gasteiger partial charge in [0.15, 0.2) is 0 Å². The van der Waals surface area contributed by atoms with Crippen LogP contribution in [0.2, 0.25) is 0 Å². The lowest BCUT2D eigenvalue weighted by atomic mass is 10.1. The van der Waals surface area contributed by atoms with Gasteiger partial charge in [-0.3, -0.25) is 0 Å². The average molecular weight is 224 g/mol. The highest BCUT2D eigenvalue weighted by atomic mass is 16.1. The van der Waals surface area contributed by atoms with Crippen LogP contribution in [-0.4, -0.2) is 24.7 Å². The van der Waals surface area contributed by atoms with Crippen LogP contribution in [0.25, 0.3) is 0 Å². The molecule has 0 aliphatic heterocycles. The first-order valence-corrected chi connectivity index (χ1v) is 5.95. The van der Waals surface area contributed by atoms with Crippen molar-refractivity contribution in [1.82, 2.24) is 0 Å². The van der Waals surface area contributed by atoms with Gasteiger partial charge in [-0.2, -0.15) is 0 Å². The first-order chi connectivity index (χ1) is 7.85. The van der Waals surface area contributed by atoms with Crippen molar-refractivity contribution < 1.29 is 9.59 Å². The molecule has 0 radical (unpaired) electrons. The lowest BCUT2D eigenvalue weighted by Crippen LogP contribution is -2.01. The molecule has 1 unspecified atom stereocenters. The molecule has 0 aliphatic carbocycles. The molecule has 0 bridgehead atoms. The summed E-state index contributed by atoms with van der Waals surface area (Å²) < 4.78 is 0. The Bertz CT molecular complexity index is 254. The quantitative estimate of drug-likeness (QED) is 0.325. The van der Waals surface area contributed by atoms with E-state index >= 15 is 0 Å². The van der Waals surface area contributed by atoms with E-state index in [1.165, 1.54) is 6.08 Å². The molecule has 0 saturated carbocycles. The summed E-state index contributed by atoms with van der Waals surface area (Å²) >= 11 is 0. The Morgan fingerprint density at radius 3 is 2.31 bits per heavy atom. The topological polar surface area (TPSA) is 58.9 Å². The number of carbonyl (C=O) groups excluding carboxylic acids is 2. The number of isocyanates is 2. The second-order valence-electron chi connectivity index (χ2n) is 3.81. The van der Waals surface area contributed by atoms with Crippen LogP contribution < -0.4 is 0 Å². The van der Waals surface area contributed by atoms with E-state index in [2.05, 4.69) is 9.98 Å². The van der Waals surface area contributed by atoms with Crippen LogP contribution in [0.15, 0.2) is 9.98 Å². The molecular formula is C12H20N2O2. The van der Waals surface area contributed by atoms with Gasteiger partial charge in [-0.15, -0.1) is 0 Å². The third kappa shape index (κ3) is 9.32. The zero-order valence-corrected chi connectivity index (χ0v) is 9.95. The lowest BCUT2D eigenvalue weighted by molar-refractivity contribution is 0.516. The van der Waals surface area contributed by atoms with E-state index in [1.54, 1.807) is 6.08 Å². The molecule has 90 valence electrons. The Labute approximate surface area is 96.9 Å². The number of hydrogen-bond donors (Lipinski definition) is 0. The Morgan fingerprint density at radius 1 is 1.00 bits per heavy atom. The first-order valence-electron chi connectivity index (χ1n) is 5.95. The molecule has 1 atom stereocenters. The summed E-state index contributed by atoms with van der Waals surface area (Å²) in [6.07, 6.45) is 10.5. The molecule has 0 aliphatic rings. The second kappa shape index (κ2) is 11.8. The molecule has 0 N–H and O–H groups in total. The number of hydrogen-bond acceptors (Lipinski definition) is 4. The van der Waals surface area contributed by atoms with Crippen molar-refractivity contribution in [2.24, 2.45) is 9.98 Å². The molecule has 0 heterocycles. The van der Waals surface area contributed by atoms with E-state index in [1.807, 2.05) is 6.92 Å². The van der Waals surface area contributed by atoms with Crippen molar-refractivity contribution in [3.8, 4) is 0 Å². The van der Waals surface area contributed by atoms with Gasteiger partial charge in [-0.05, 0) is 19.3 Å². The Balaban J connectivity index is 3.31. The number of aliphatic imine (C=N–C) groups is 2. The molecule has 0 spiro atoms. The third-order valence-corrected chi connectivity index (χ3v) is 2.58. The van der Waals surface area contributed by atoms with Crippen molar-refractivity contribution in [2.45, 2.75) is 57.9 Å². The van der Waals surface area contributed by atoms with Gasteiger partial charge in [0.1, 0.15) is 0 Å². The van der Waals surface area contributed by atoms with Gasteiger partial charge in [0.2, 0.25) is 12.2 Å². The van der Waals surface area contributed by atoms with Crippen LogP contribution in [0.1, 0.15) is 51.9 Å². The third-order valence-electron chi connectivity index (χ3n) is 2.58. The normalized spacial score (nSPS) is 11.3. The van der Waals surface area contributed by atoms with Crippen molar-refractivity contribution in [2.75, 3.05) is 6.54 Å². The maximum Gasteiger partial charge on any atom is 0.235 e. The van der Waals surface area contributed by atoms with E-state index in [0.717, 1.165) is 44.9 Å². The van der Waals surface area contributed by atoms with Crippen LogP contribution >= 0.6 is 0 Å². The second-order valence-corrected chi connectivity index (χ2v) is 3.81. The van der Waals surface area contributed by atoms with E-state index < -0.39 is 0 Å². The fourth-order valence-electron chi connectivity index (χ4n) is 1.58. The van der Waals surface area contributed by atoms with E-state index in [4.69, 9.17) is 0 Å². The lowest BCUT2D eigenvalue weighted by Gasteiger charge is -2.06. The fourth-order valence-corrected chi connectivity index (χ4v) is 1.58. The zero-order chi connectivity index (χ0) is 12.1. The minimum absolute atomic E-state index is 0.150. The SMILES string of the molecule is CCC(CCCCCCCN=C=O)N=C=O. The number of unbranched alkanes of at least 4 members (excludes halogenated alkanes) is 4. The van der Waals surface area contributed by atoms with Gasteiger partial charge >= 0.3 is 0 Å². The summed E-state index contributed by atoms with van der Waals surface area (Å²) in [4.78, 5) is 27.1. The summed E-state index contributed by atoms with van der Waals surface area (Å²) in [6, 6.07) is 0.150. The zero-order valence-electron chi connectivity index (χ0n) is 9.95. The molecule has 16 heavy (non-hydrogen) atoms. The smallest absolute Gasteiger partial charge is 0.211 e. The van der Waals surface area contributed by atoms with Crippen LogP contribution in [-0.2, 0) is 9.59 Å². The predicted octanol–water partition coefficient (Wildman–Crippen LogP) is 2.78. The summed E-state index contributed by atoms with van der Waals surface area (Å²) in [5.74, 6) is 0. The van der Waals surface area contributed by atoms with Crippen molar-refractivity contribution in [1.29, 1.82) is 0 Å². The van der Waals surface area contributed by atoms with Crippen LogP contribution in [0.4, 0.5) is 0 Å². The first kappa shape index (κ1) is 14.8. The standard InChI is InChI=1S/C12H20N2O2/c1-2-12(14-11-16)8-6-4-3-5-7-9-13-10-15/h12H,2-9H2,1H3. The highest BCUT2D eigenvalue weighted by Crippen LogP contribution is 2.11. The largest absolute Gasteiger partial charge is 0.235 e. The van der Waals surface area contributed by atoms with Crippen LogP contribution in [0.5, 0.6) is 0 Å². The van der Waals surface area contributed by atoms with Gasteiger partial charge in [0.05, 0.1) is 12.6 Å². The molecule has 0 fully saturated rings. The number of rotatable bonds is 10. The summed E-state index contributed by atoms with van der Waals surface area (Å²) in [6.45, 7) is 2.62. The minimum atomic E-state index is 0.150. The van der Waals surface area contributed by atoms with E-state index in [0.29, 0.717) is 6.54 Å². The monoisotopic (exact) mass is 224 g/mol. The molecule has 0 rings (SSSR count). The van der Waals surface area contributed by atoms with Gasteiger partial charge in [-0.1, -0.05) is 32.6 Å². The Kier molecular flexibility index (Phi) is 10.9. The average Bonchev–Trinajstić information content (AvgIpc) is 2.31. The maximum atomic E-state index is 10.1. The fraction of sp³-hybridized carbons (Fsp3) is 0.833. The molecule has 0 aromatic rings. The molecule has 4 nitrogen and oxygen atoms in total. The molecule has 0 aromatic heterocycles. The highest BCUT2D eigenvalue weighted by molar-refractivity contribution is 5.33. The van der Waals surface area contributed by atoms with E-state index in [-0.39, 0.29) is 6.04 Å². The number of nitrogens with zero attached hydrogens (tertiary/aromatic N) is 2. The van der Waals surface area contributed by atoms with Gasteiger partial charge < -0.3 is 0 Å². The van der Waals surface area contributed by atoms with Gasteiger partial charge in [-0.25, -0.2) is 19.6 Å². The molecular weight excluding hydrogens is 204 g/mol. The van der Waals surface area contributed by atoms with Crippen LogP contribution in [0.3, 0.4) is 0 Å². The molecule has 0 aromatic carbocycles. The minimum Gasteiger partial charge on any atom is -0.211 e. The van der Waals surface area contributed by atoms with E-state index in [9.17, 15) is 9.59 Å². The molecule has 0 amide bonds. The highest BCUT2D eigenvalue weighted by Gasteiger charge is 2.02. The summed E-state index contributed by atoms with van der Waals surface area (Å²) in [5.41, 5.74) is 0. The van der Waals surface area contributed by atoms with Gasteiger partial charge in [0, 0.05) is 0 Å². The van der Waals surface area contributed by atoms with Crippen molar-refractivity contribution >= 4 is 12.2 Å². The van der Waals surface area contributed by atoms with Crippen LogP contribution in [0, 0.1) is 0 Å². The molecule has 0 saturated heterocycles. The van der Waals surface area contributed by atoms with Crippen molar-refractivity contribution in [3.63, 3.8) is 0 Å². The Morgan fingerprint density at radius 2 is 1.69 bits per heavy atom. The summed E-state index contributed by atoms with van der Waals surface area (Å²) in [7, 11) is 0. The summed E-state index contributed by atoms with van der Waals surface area (Å²) in [5, 5.41) is 0. The predicted molar refractivity (Wildman–Crippen MR) is 62.9 cm³/mol. The maximum absolute atomic E-state index is 10.1. The molecule has 4 heteroatoms.